The van der Waals surface area contributed by atoms with Crippen molar-refractivity contribution in [2.24, 2.45) is 0 Å². The molecule has 0 unspecified atom stereocenters. The van der Waals surface area contributed by atoms with Crippen molar-refractivity contribution in [2.75, 3.05) is 7.11 Å². The summed E-state index contributed by atoms with van der Waals surface area (Å²) in [7, 11) is 1.57. The lowest BCUT2D eigenvalue weighted by Gasteiger charge is -2.15. The van der Waals surface area contributed by atoms with Gasteiger partial charge in [-0.2, -0.15) is 0 Å². The summed E-state index contributed by atoms with van der Waals surface area (Å²) in [5.74, 6) is 1.44. The van der Waals surface area contributed by atoms with Gasteiger partial charge in [-0.25, -0.2) is 9.97 Å². The van der Waals surface area contributed by atoms with Gasteiger partial charge in [0, 0.05) is 0 Å². The van der Waals surface area contributed by atoms with Crippen molar-refractivity contribution < 1.29 is 4.74 Å². The third kappa shape index (κ3) is 3.51. The van der Waals surface area contributed by atoms with Gasteiger partial charge >= 0.3 is 0 Å². The zero-order valence-corrected chi connectivity index (χ0v) is 18.0. The Labute approximate surface area is 184 Å². The summed E-state index contributed by atoms with van der Waals surface area (Å²) in [4.78, 5) is 37.8. The lowest BCUT2D eigenvalue weighted by Crippen LogP contribution is -2.22. The Morgan fingerprint density at radius 3 is 2.71 bits per heavy atom. The van der Waals surface area contributed by atoms with Gasteiger partial charge in [0.25, 0.3) is 11.1 Å². The first-order chi connectivity index (χ1) is 15.2. The summed E-state index contributed by atoms with van der Waals surface area (Å²) >= 11 is 2.69. The fourth-order valence-corrected chi connectivity index (χ4v) is 4.96. The first kappa shape index (κ1) is 19.5. The molecule has 5 rings (SSSR count). The van der Waals surface area contributed by atoms with Gasteiger partial charge in [-0.3, -0.25) is 14.2 Å². The van der Waals surface area contributed by atoms with Gasteiger partial charge in [0.2, 0.25) is 0 Å². The molecule has 0 aliphatic carbocycles. The summed E-state index contributed by atoms with van der Waals surface area (Å²) in [6, 6.07) is 16.4. The number of rotatable bonds is 5. The molecule has 31 heavy (non-hydrogen) atoms. The van der Waals surface area contributed by atoms with Crippen molar-refractivity contribution in [3.8, 4) is 11.4 Å². The Bertz CT molecular complexity index is 1540. The van der Waals surface area contributed by atoms with Gasteiger partial charge in [-0.1, -0.05) is 36.0 Å². The van der Waals surface area contributed by atoms with Crippen molar-refractivity contribution in [1.29, 1.82) is 0 Å². The number of H-pyrrole nitrogens is 1. The topological polar surface area (TPSA) is 89.9 Å². The monoisotopic (exact) mass is 448 g/mol. The second kappa shape index (κ2) is 8.01. The molecule has 2 aromatic carbocycles. The molecule has 5 aromatic rings. The molecule has 0 saturated heterocycles. The van der Waals surface area contributed by atoms with Crippen LogP contribution in [-0.2, 0) is 5.75 Å². The van der Waals surface area contributed by atoms with Crippen LogP contribution in [-0.4, -0.2) is 26.6 Å². The van der Waals surface area contributed by atoms with E-state index in [2.05, 4.69) is 9.97 Å². The highest BCUT2D eigenvalue weighted by molar-refractivity contribution is 7.98. The lowest BCUT2D eigenvalue weighted by molar-refractivity contribution is 0.411. The third-order valence-corrected chi connectivity index (χ3v) is 6.63. The van der Waals surface area contributed by atoms with Crippen LogP contribution < -0.4 is 15.9 Å². The highest BCUT2D eigenvalue weighted by Crippen LogP contribution is 2.28. The maximum Gasteiger partial charge on any atom is 0.268 e. The van der Waals surface area contributed by atoms with Crippen LogP contribution in [0.25, 0.3) is 26.8 Å². The van der Waals surface area contributed by atoms with Crippen molar-refractivity contribution in [1.82, 2.24) is 19.5 Å². The summed E-state index contributed by atoms with van der Waals surface area (Å²) in [6.45, 7) is 0. The summed E-state index contributed by atoms with van der Waals surface area (Å²) in [5, 5.41) is 2.85. The van der Waals surface area contributed by atoms with Crippen LogP contribution in [0, 0.1) is 0 Å². The number of methoxy groups -OCH3 is 1. The molecular weight excluding hydrogens is 432 g/mol. The SMILES string of the molecule is COc1ccccc1-n1c(SCc2nc3ccsc3c(=O)[nH]2)nc2ccccc2c1=O. The summed E-state index contributed by atoms with van der Waals surface area (Å²) in [6.07, 6.45) is 0. The molecule has 7 nitrogen and oxygen atoms in total. The number of hydrogen-bond acceptors (Lipinski definition) is 7. The fourth-order valence-electron chi connectivity index (χ4n) is 3.36. The third-order valence-electron chi connectivity index (χ3n) is 4.77. The first-order valence-electron chi connectivity index (χ1n) is 9.40. The minimum Gasteiger partial charge on any atom is -0.495 e. The maximum absolute atomic E-state index is 13.4. The number of aromatic amines is 1. The number of thiophene rings is 1. The molecular formula is C22H16N4O3S2. The zero-order chi connectivity index (χ0) is 21.4. The first-order valence-corrected chi connectivity index (χ1v) is 11.3. The number of ether oxygens (including phenoxy) is 1. The van der Waals surface area contributed by atoms with Crippen molar-refractivity contribution in [2.45, 2.75) is 10.9 Å². The summed E-state index contributed by atoms with van der Waals surface area (Å²) < 4.78 is 7.63. The fraction of sp³-hybridized carbons (Fsp3) is 0.0909. The van der Waals surface area contributed by atoms with Gasteiger partial charge in [0.1, 0.15) is 16.3 Å². The zero-order valence-electron chi connectivity index (χ0n) is 16.4. The van der Waals surface area contributed by atoms with Crippen molar-refractivity contribution >= 4 is 44.2 Å². The van der Waals surface area contributed by atoms with Gasteiger partial charge in [0.05, 0.1) is 35.0 Å². The average molecular weight is 449 g/mol. The van der Waals surface area contributed by atoms with E-state index < -0.39 is 0 Å². The Hall–Kier alpha value is -3.43. The van der Waals surface area contributed by atoms with Crippen LogP contribution in [0.4, 0.5) is 0 Å². The van der Waals surface area contributed by atoms with E-state index in [0.29, 0.717) is 49.3 Å². The standard InChI is InChI=1S/C22H16N4O3S2/c1-29-17-9-5-4-8-16(17)26-21(28)13-6-2-3-7-14(13)24-22(26)31-12-18-23-15-10-11-30-19(15)20(27)25-18/h2-11H,12H2,1H3,(H,23,25,27). The van der Waals surface area contributed by atoms with Crippen LogP contribution >= 0.6 is 23.1 Å². The van der Waals surface area contributed by atoms with Crippen LogP contribution in [0.15, 0.2) is 74.7 Å². The predicted octanol–water partition coefficient (Wildman–Crippen LogP) is 3.98. The number of nitrogens with zero attached hydrogens (tertiary/aromatic N) is 3. The van der Waals surface area contributed by atoms with Crippen molar-refractivity contribution in [3.63, 3.8) is 0 Å². The Balaban J connectivity index is 1.64. The van der Waals surface area contributed by atoms with Gasteiger partial charge in [-0.05, 0) is 35.7 Å². The quantitative estimate of drug-likeness (QED) is 0.323. The highest BCUT2D eigenvalue weighted by atomic mass is 32.2. The predicted molar refractivity (Wildman–Crippen MR) is 124 cm³/mol. The summed E-state index contributed by atoms with van der Waals surface area (Å²) in [5.41, 5.74) is 1.52. The Morgan fingerprint density at radius 2 is 1.84 bits per heavy atom. The Morgan fingerprint density at radius 1 is 1.03 bits per heavy atom. The lowest BCUT2D eigenvalue weighted by atomic mass is 10.2. The largest absolute Gasteiger partial charge is 0.495 e. The van der Waals surface area contributed by atoms with Crippen molar-refractivity contribution in [3.05, 3.63) is 86.5 Å². The molecule has 0 bridgehead atoms. The molecule has 154 valence electrons. The van der Waals surface area contributed by atoms with E-state index in [1.807, 2.05) is 47.8 Å². The van der Waals surface area contributed by atoms with E-state index in [4.69, 9.17) is 9.72 Å². The number of para-hydroxylation sites is 3. The normalized spacial score (nSPS) is 11.3. The van der Waals surface area contributed by atoms with E-state index in [9.17, 15) is 9.59 Å². The number of thioether (sulfide) groups is 1. The van der Waals surface area contributed by atoms with Crippen LogP contribution in [0.2, 0.25) is 0 Å². The maximum atomic E-state index is 13.4. The number of hydrogen-bond donors (Lipinski definition) is 1. The molecule has 0 fully saturated rings. The average Bonchev–Trinajstić information content (AvgIpc) is 3.27. The van der Waals surface area contributed by atoms with E-state index in [-0.39, 0.29) is 11.1 Å². The Kier molecular flexibility index (Phi) is 5.05. The van der Waals surface area contributed by atoms with Gasteiger partial charge in [0.15, 0.2) is 5.16 Å². The van der Waals surface area contributed by atoms with E-state index in [1.165, 1.54) is 23.1 Å². The van der Waals surface area contributed by atoms with Gasteiger partial charge in [-0.15, -0.1) is 11.3 Å². The molecule has 0 radical (unpaired) electrons. The number of fused-ring (bicyclic) bond motifs is 2. The molecule has 0 atom stereocenters. The second-order valence-electron chi connectivity index (χ2n) is 6.66. The van der Waals surface area contributed by atoms with Crippen LogP contribution in [0.5, 0.6) is 5.75 Å². The molecule has 0 saturated carbocycles. The molecule has 9 heteroatoms. The molecule has 0 aliphatic heterocycles. The number of benzene rings is 2. The molecule has 3 aromatic heterocycles. The number of aromatic nitrogens is 4. The number of nitrogens with one attached hydrogen (secondary N) is 1. The van der Waals surface area contributed by atoms with E-state index in [1.54, 1.807) is 23.8 Å². The van der Waals surface area contributed by atoms with Crippen LogP contribution in [0.3, 0.4) is 0 Å². The van der Waals surface area contributed by atoms with E-state index in [0.717, 1.165) is 0 Å². The molecule has 0 aliphatic rings. The van der Waals surface area contributed by atoms with Gasteiger partial charge < -0.3 is 9.72 Å². The molecule has 1 N–H and O–H groups in total. The van der Waals surface area contributed by atoms with E-state index >= 15 is 0 Å². The van der Waals surface area contributed by atoms with Crippen LogP contribution in [0.1, 0.15) is 5.82 Å². The minimum atomic E-state index is -0.188. The molecule has 3 heterocycles. The minimum absolute atomic E-state index is 0.163. The molecule has 0 spiro atoms. The highest BCUT2D eigenvalue weighted by Gasteiger charge is 2.17. The smallest absolute Gasteiger partial charge is 0.268 e. The second-order valence-corrected chi connectivity index (χ2v) is 8.52. The molecule has 0 amide bonds.